The molecule has 3 nitrogen and oxygen atoms in total. The first-order chi connectivity index (χ1) is 9.31. The molecule has 1 aliphatic carbocycles. The van der Waals surface area contributed by atoms with Crippen LogP contribution in [0.4, 0.5) is 0 Å². The zero-order valence-electron chi connectivity index (χ0n) is 12.4. The average molecular weight is 261 g/mol. The van der Waals surface area contributed by atoms with Gasteiger partial charge in [0.2, 0.25) is 0 Å². The third-order valence-electron chi connectivity index (χ3n) is 4.04. The van der Waals surface area contributed by atoms with Crippen molar-refractivity contribution in [3.05, 3.63) is 29.6 Å². The van der Waals surface area contributed by atoms with Crippen molar-refractivity contribution in [2.24, 2.45) is 5.92 Å². The molecule has 1 aromatic rings. The third-order valence-corrected chi connectivity index (χ3v) is 4.04. The Morgan fingerprint density at radius 1 is 1.32 bits per heavy atom. The molecule has 1 aromatic heterocycles. The molecule has 0 atom stereocenters. The molecule has 106 valence electrons. The van der Waals surface area contributed by atoms with E-state index in [0.29, 0.717) is 0 Å². The van der Waals surface area contributed by atoms with Crippen molar-refractivity contribution in [1.29, 1.82) is 0 Å². The van der Waals surface area contributed by atoms with Crippen LogP contribution in [0.2, 0.25) is 0 Å². The molecule has 1 N–H and O–H groups in total. The van der Waals surface area contributed by atoms with Crippen LogP contribution in [0.1, 0.15) is 44.4 Å². The summed E-state index contributed by atoms with van der Waals surface area (Å²) in [5.74, 6) is 0.938. The van der Waals surface area contributed by atoms with Crippen LogP contribution in [-0.4, -0.2) is 29.5 Å². The summed E-state index contributed by atoms with van der Waals surface area (Å²) in [5, 5.41) is 3.33. The molecule has 2 rings (SSSR count). The second-order valence-electron chi connectivity index (χ2n) is 5.56. The third kappa shape index (κ3) is 4.59. The summed E-state index contributed by atoms with van der Waals surface area (Å²) >= 11 is 0. The molecule has 0 aliphatic heterocycles. The predicted octanol–water partition coefficient (Wildman–Crippen LogP) is 2.81. The Bertz CT molecular complexity index is 357. The normalized spacial score (nSPS) is 15.7. The summed E-state index contributed by atoms with van der Waals surface area (Å²) in [5.41, 5.74) is 2.47. The number of aromatic nitrogens is 1. The van der Waals surface area contributed by atoms with Crippen molar-refractivity contribution < 1.29 is 0 Å². The predicted molar refractivity (Wildman–Crippen MR) is 79.9 cm³/mol. The highest BCUT2D eigenvalue weighted by Gasteiger charge is 2.20. The van der Waals surface area contributed by atoms with Gasteiger partial charge >= 0.3 is 0 Å². The standard InChI is InChI=1S/C16H27N3/c1-3-17-10-15-8-9-16(18-11-15)13-19(4-2)12-14-6-5-7-14/h8-9,11,14,17H,3-7,10,12-13H2,1-2H3. The van der Waals surface area contributed by atoms with Gasteiger partial charge in [0.1, 0.15) is 0 Å². The number of pyridine rings is 1. The molecule has 0 spiro atoms. The van der Waals surface area contributed by atoms with E-state index in [4.69, 9.17) is 0 Å². The number of nitrogens with zero attached hydrogens (tertiary/aromatic N) is 2. The summed E-state index contributed by atoms with van der Waals surface area (Å²) in [7, 11) is 0. The monoisotopic (exact) mass is 261 g/mol. The van der Waals surface area contributed by atoms with Crippen LogP contribution in [0.5, 0.6) is 0 Å². The molecule has 1 heterocycles. The van der Waals surface area contributed by atoms with E-state index in [0.717, 1.165) is 32.1 Å². The number of hydrogen-bond donors (Lipinski definition) is 1. The van der Waals surface area contributed by atoms with E-state index in [1.54, 1.807) is 0 Å². The van der Waals surface area contributed by atoms with E-state index in [2.05, 4.69) is 41.2 Å². The maximum Gasteiger partial charge on any atom is 0.0544 e. The second kappa shape index (κ2) is 7.61. The maximum atomic E-state index is 4.59. The minimum absolute atomic E-state index is 0.920. The smallest absolute Gasteiger partial charge is 0.0544 e. The van der Waals surface area contributed by atoms with Gasteiger partial charge in [0.25, 0.3) is 0 Å². The zero-order valence-corrected chi connectivity index (χ0v) is 12.4. The summed E-state index contributed by atoms with van der Waals surface area (Å²) in [6, 6.07) is 4.37. The molecule has 0 saturated heterocycles. The maximum absolute atomic E-state index is 4.59. The fourth-order valence-electron chi connectivity index (χ4n) is 2.50. The Hall–Kier alpha value is -0.930. The minimum Gasteiger partial charge on any atom is -0.313 e. The quantitative estimate of drug-likeness (QED) is 0.780. The summed E-state index contributed by atoms with van der Waals surface area (Å²) in [6.45, 7) is 9.67. The van der Waals surface area contributed by atoms with Crippen LogP contribution < -0.4 is 5.32 Å². The van der Waals surface area contributed by atoms with Crippen molar-refractivity contribution in [3.8, 4) is 0 Å². The molecule has 1 fully saturated rings. The summed E-state index contributed by atoms with van der Waals surface area (Å²) < 4.78 is 0. The topological polar surface area (TPSA) is 28.2 Å². The van der Waals surface area contributed by atoms with Gasteiger partial charge in [-0.2, -0.15) is 0 Å². The van der Waals surface area contributed by atoms with Gasteiger partial charge in [-0.25, -0.2) is 0 Å². The van der Waals surface area contributed by atoms with E-state index in [9.17, 15) is 0 Å². The van der Waals surface area contributed by atoms with Gasteiger partial charge in [-0.1, -0.05) is 26.3 Å². The highest BCUT2D eigenvalue weighted by Crippen LogP contribution is 2.27. The van der Waals surface area contributed by atoms with Gasteiger partial charge < -0.3 is 5.32 Å². The van der Waals surface area contributed by atoms with Crippen LogP contribution in [0.25, 0.3) is 0 Å². The Morgan fingerprint density at radius 2 is 2.16 bits per heavy atom. The van der Waals surface area contributed by atoms with Crippen LogP contribution in [0.15, 0.2) is 18.3 Å². The molecule has 0 aromatic carbocycles. The first-order valence-corrected chi connectivity index (χ1v) is 7.68. The van der Waals surface area contributed by atoms with Gasteiger partial charge in [0.05, 0.1) is 5.69 Å². The lowest BCUT2D eigenvalue weighted by molar-refractivity contribution is 0.177. The number of nitrogens with one attached hydrogen (secondary N) is 1. The molecule has 1 aliphatic rings. The highest BCUT2D eigenvalue weighted by atomic mass is 15.1. The van der Waals surface area contributed by atoms with Gasteiger partial charge in [-0.3, -0.25) is 9.88 Å². The fraction of sp³-hybridized carbons (Fsp3) is 0.688. The van der Waals surface area contributed by atoms with Gasteiger partial charge in [0.15, 0.2) is 0 Å². The van der Waals surface area contributed by atoms with Crippen molar-refractivity contribution in [2.75, 3.05) is 19.6 Å². The Kier molecular flexibility index (Phi) is 5.80. The number of rotatable bonds is 8. The molecule has 0 radical (unpaired) electrons. The first kappa shape index (κ1) is 14.5. The van der Waals surface area contributed by atoms with Crippen molar-refractivity contribution in [3.63, 3.8) is 0 Å². The first-order valence-electron chi connectivity index (χ1n) is 7.68. The highest BCUT2D eigenvalue weighted by molar-refractivity contribution is 5.14. The van der Waals surface area contributed by atoms with Crippen molar-refractivity contribution >= 4 is 0 Å². The molecule has 0 bridgehead atoms. The lowest BCUT2D eigenvalue weighted by Crippen LogP contribution is -2.32. The van der Waals surface area contributed by atoms with Crippen LogP contribution in [0.3, 0.4) is 0 Å². The van der Waals surface area contributed by atoms with Crippen LogP contribution in [0, 0.1) is 5.92 Å². The van der Waals surface area contributed by atoms with Crippen molar-refractivity contribution in [1.82, 2.24) is 15.2 Å². The summed E-state index contributed by atoms with van der Waals surface area (Å²) in [6.07, 6.45) is 6.28. The summed E-state index contributed by atoms with van der Waals surface area (Å²) in [4.78, 5) is 7.11. The van der Waals surface area contributed by atoms with Gasteiger partial charge in [0, 0.05) is 25.8 Å². The lowest BCUT2D eigenvalue weighted by Gasteiger charge is -2.31. The second-order valence-corrected chi connectivity index (χ2v) is 5.56. The lowest BCUT2D eigenvalue weighted by atomic mass is 9.85. The minimum atomic E-state index is 0.920. The van der Waals surface area contributed by atoms with Gasteiger partial charge in [-0.05, 0) is 43.5 Å². The molecular weight excluding hydrogens is 234 g/mol. The van der Waals surface area contributed by atoms with E-state index in [1.165, 1.54) is 37.1 Å². The molecule has 0 unspecified atom stereocenters. The fourth-order valence-corrected chi connectivity index (χ4v) is 2.50. The molecule has 3 heteroatoms. The van der Waals surface area contributed by atoms with E-state index >= 15 is 0 Å². The zero-order chi connectivity index (χ0) is 13.5. The van der Waals surface area contributed by atoms with E-state index in [-0.39, 0.29) is 0 Å². The Labute approximate surface area is 117 Å². The molecular formula is C16H27N3. The average Bonchev–Trinajstić information content (AvgIpc) is 2.40. The number of hydrogen-bond acceptors (Lipinski definition) is 3. The van der Waals surface area contributed by atoms with Gasteiger partial charge in [-0.15, -0.1) is 0 Å². The molecule has 1 saturated carbocycles. The van der Waals surface area contributed by atoms with Crippen LogP contribution >= 0.6 is 0 Å². The molecule has 0 amide bonds. The Morgan fingerprint density at radius 3 is 2.68 bits per heavy atom. The SMILES string of the molecule is CCNCc1ccc(CN(CC)CC2CCC2)nc1. The molecule has 19 heavy (non-hydrogen) atoms. The van der Waals surface area contributed by atoms with E-state index < -0.39 is 0 Å². The van der Waals surface area contributed by atoms with E-state index in [1.807, 2.05) is 6.20 Å². The Balaban J connectivity index is 1.82. The van der Waals surface area contributed by atoms with Crippen LogP contribution in [-0.2, 0) is 13.1 Å². The largest absolute Gasteiger partial charge is 0.313 e. The van der Waals surface area contributed by atoms with Crippen molar-refractivity contribution in [2.45, 2.75) is 46.2 Å².